The number of nitrogens with one attached hydrogen (secondary N) is 2. The predicted molar refractivity (Wildman–Crippen MR) is 131 cm³/mol. The lowest BCUT2D eigenvalue weighted by Crippen LogP contribution is -2.43. The summed E-state index contributed by atoms with van der Waals surface area (Å²) in [5, 5.41) is 14.2. The molecule has 3 N–H and O–H groups in total. The van der Waals surface area contributed by atoms with Gasteiger partial charge in [0.1, 0.15) is 6.61 Å². The van der Waals surface area contributed by atoms with Crippen molar-refractivity contribution in [3.8, 4) is 11.1 Å². The van der Waals surface area contributed by atoms with Gasteiger partial charge in [-0.3, -0.25) is 10.1 Å². The van der Waals surface area contributed by atoms with E-state index in [1.807, 2.05) is 36.4 Å². The van der Waals surface area contributed by atoms with E-state index in [0.717, 1.165) is 22.3 Å². The smallest absolute Gasteiger partial charge is 0.411 e. The van der Waals surface area contributed by atoms with Gasteiger partial charge >= 0.3 is 12.1 Å². The molecule has 0 bridgehead atoms. The lowest BCUT2D eigenvalue weighted by molar-refractivity contribution is -0.140. The van der Waals surface area contributed by atoms with Gasteiger partial charge in [-0.2, -0.15) is 0 Å². The number of hydrogen-bond acceptors (Lipinski definition) is 5. The van der Waals surface area contributed by atoms with Crippen LogP contribution in [0.15, 0.2) is 66.7 Å². The van der Waals surface area contributed by atoms with Gasteiger partial charge in [0.2, 0.25) is 0 Å². The summed E-state index contributed by atoms with van der Waals surface area (Å²) in [7, 11) is 1.34. The number of fused-ring (bicyclic) bond motifs is 3. The molecule has 8 nitrogen and oxygen atoms in total. The number of anilines is 1. The number of hydrogen-bond donors (Lipinski definition) is 3. The fourth-order valence-electron chi connectivity index (χ4n) is 4.09. The first-order valence-electron chi connectivity index (χ1n) is 10.8. The first-order chi connectivity index (χ1) is 16.9. The quantitative estimate of drug-likeness (QED) is 0.424. The lowest BCUT2D eigenvalue weighted by atomic mass is 9.98. The molecule has 4 rings (SSSR count). The summed E-state index contributed by atoms with van der Waals surface area (Å²) in [6.07, 6.45) is -0.683. The van der Waals surface area contributed by atoms with Crippen LogP contribution in [-0.2, 0) is 14.3 Å². The van der Waals surface area contributed by atoms with Crippen molar-refractivity contribution in [2.24, 2.45) is 0 Å². The molecule has 1 aliphatic carbocycles. The van der Waals surface area contributed by atoms with Gasteiger partial charge in [-0.25, -0.2) is 9.59 Å². The van der Waals surface area contributed by atoms with Gasteiger partial charge in [0.25, 0.3) is 5.91 Å². The summed E-state index contributed by atoms with van der Waals surface area (Å²) in [6.45, 7) is -0.0374. The summed E-state index contributed by atoms with van der Waals surface area (Å²) >= 11 is 6.25. The van der Waals surface area contributed by atoms with Crippen molar-refractivity contribution < 1.29 is 29.0 Å². The molecule has 0 fully saturated rings. The molecule has 3 aromatic rings. The van der Waals surface area contributed by atoms with Crippen LogP contribution in [0.5, 0.6) is 0 Å². The molecular formula is C26H23ClN2O6. The number of ether oxygens (including phenoxy) is 2. The fraction of sp³-hybridized carbons (Fsp3) is 0.192. The number of rotatable bonds is 8. The Morgan fingerprint density at radius 3 is 2.20 bits per heavy atom. The fourth-order valence-corrected chi connectivity index (χ4v) is 4.31. The lowest BCUT2D eigenvalue weighted by Gasteiger charge is -2.16. The summed E-state index contributed by atoms with van der Waals surface area (Å²) in [5.74, 6) is -1.94. The van der Waals surface area contributed by atoms with Crippen molar-refractivity contribution in [2.75, 3.05) is 25.6 Å². The third-order valence-corrected chi connectivity index (χ3v) is 6.06. The minimum atomic E-state index is -1.22. The number of halogens is 1. The highest BCUT2D eigenvalue weighted by Gasteiger charge is 2.29. The first-order valence-corrected chi connectivity index (χ1v) is 11.2. The number of benzene rings is 3. The van der Waals surface area contributed by atoms with E-state index in [9.17, 15) is 14.4 Å². The van der Waals surface area contributed by atoms with Gasteiger partial charge in [-0.15, -0.1) is 0 Å². The highest BCUT2D eigenvalue weighted by Crippen LogP contribution is 2.44. The highest BCUT2D eigenvalue weighted by molar-refractivity contribution is 6.34. The normalized spacial score (nSPS) is 12.9. The zero-order valence-electron chi connectivity index (χ0n) is 18.8. The first kappa shape index (κ1) is 24.3. The average Bonchev–Trinajstić information content (AvgIpc) is 3.17. The molecule has 0 aromatic heterocycles. The van der Waals surface area contributed by atoms with Crippen LogP contribution in [0.25, 0.3) is 11.1 Å². The number of carboxylic acids is 1. The molecule has 0 heterocycles. The van der Waals surface area contributed by atoms with Gasteiger partial charge in [-0.05, 0) is 40.5 Å². The van der Waals surface area contributed by atoms with Gasteiger partial charge in [0, 0.05) is 18.6 Å². The van der Waals surface area contributed by atoms with E-state index < -0.39 is 24.0 Å². The second-order valence-corrected chi connectivity index (χ2v) is 8.37. The number of amides is 2. The van der Waals surface area contributed by atoms with Crippen LogP contribution in [-0.4, -0.2) is 49.4 Å². The van der Waals surface area contributed by atoms with Crippen LogP contribution in [0.3, 0.4) is 0 Å². The van der Waals surface area contributed by atoms with E-state index in [2.05, 4.69) is 22.8 Å². The van der Waals surface area contributed by atoms with E-state index in [-0.39, 0.29) is 35.4 Å². The number of carboxylic acid groups (broad SMARTS) is 1. The molecule has 180 valence electrons. The van der Waals surface area contributed by atoms with Gasteiger partial charge in [0.15, 0.2) is 6.04 Å². The summed E-state index contributed by atoms with van der Waals surface area (Å²) < 4.78 is 10.3. The molecule has 1 aliphatic rings. The maximum Gasteiger partial charge on any atom is 0.411 e. The third-order valence-electron chi connectivity index (χ3n) is 5.75. The number of methoxy groups -OCH3 is 1. The van der Waals surface area contributed by atoms with Crippen molar-refractivity contribution in [1.82, 2.24) is 5.32 Å². The molecule has 35 heavy (non-hydrogen) atoms. The molecule has 0 saturated heterocycles. The van der Waals surface area contributed by atoms with Crippen LogP contribution >= 0.6 is 11.6 Å². The topological polar surface area (TPSA) is 114 Å². The van der Waals surface area contributed by atoms with E-state index in [1.54, 1.807) is 0 Å². The molecule has 0 unspecified atom stereocenters. The Hall–Kier alpha value is -3.88. The van der Waals surface area contributed by atoms with Crippen LogP contribution in [0.1, 0.15) is 27.4 Å². The molecular weight excluding hydrogens is 472 g/mol. The van der Waals surface area contributed by atoms with E-state index in [4.69, 9.17) is 26.2 Å². The number of carbonyl (C=O) groups is 3. The molecule has 0 spiro atoms. The van der Waals surface area contributed by atoms with Crippen LogP contribution in [0.2, 0.25) is 5.02 Å². The SMILES string of the molecule is COC[C@H](NC(=O)c1ccc(NC(=O)OCC2c3ccccc3-c3ccccc32)c(Cl)c1)C(=O)O. The summed E-state index contributed by atoms with van der Waals surface area (Å²) in [4.78, 5) is 36.1. The predicted octanol–water partition coefficient (Wildman–Crippen LogP) is 4.53. The number of aliphatic carboxylic acids is 1. The van der Waals surface area contributed by atoms with Gasteiger partial charge in [-0.1, -0.05) is 60.1 Å². The zero-order valence-corrected chi connectivity index (χ0v) is 19.5. The maximum atomic E-state index is 12.5. The Morgan fingerprint density at radius 2 is 1.63 bits per heavy atom. The van der Waals surface area contributed by atoms with Crippen LogP contribution < -0.4 is 10.6 Å². The second kappa shape index (κ2) is 10.6. The molecule has 0 radical (unpaired) electrons. The Kier molecular flexibility index (Phi) is 7.33. The van der Waals surface area contributed by atoms with Crippen molar-refractivity contribution in [1.29, 1.82) is 0 Å². The summed E-state index contributed by atoms with van der Waals surface area (Å²) in [6, 6.07) is 19.1. The van der Waals surface area contributed by atoms with E-state index >= 15 is 0 Å². The van der Waals surface area contributed by atoms with Crippen molar-refractivity contribution in [3.05, 3.63) is 88.4 Å². The average molecular weight is 495 g/mol. The Bertz CT molecular complexity index is 1230. The minimum Gasteiger partial charge on any atom is -0.480 e. The molecule has 3 aromatic carbocycles. The maximum absolute atomic E-state index is 12.5. The highest BCUT2D eigenvalue weighted by atomic mass is 35.5. The van der Waals surface area contributed by atoms with Crippen molar-refractivity contribution >= 4 is 35.3 Å². The molecule has 1 atom stereocenters. The van der Waals surface area contributed by atoms with E-state index in [0.29, 0.717) is 0 Å². The summed E-state index contributed by atoms with van der Waals surface area (Å²) in [5.41, 5.74) is 4.85. The van der Waals surface area contributed by atoms with Crippen molar-refractivity contribution in [3.63, 3.8) is 0 Å². The molecule has 2 amide bonds. The number of carbonyl (C=O) groups excluding carboxylic acids is 2. The Morgan fingerprint density at radius 1 is 1.00 bits per heavy atom. The standard InChI is InChI=1S/C26H23ClN2O6/c1-34-14-23(25(31)32)28-24(30)15-10-11-22(21(27)12-15)29-26(33)35-13-20-18-8-4-2-6-16(18)17-7-3-5-9-19(17)20/h2-12,20,23H,13-14H2,1H3,(H,28,30)(H,29,33)(H,31,32)/t23-/m0/s1. The molecule has 0 aliphatic heterocycles. The van der Waals surface area contributed by atoms with Crippen LogP contribution in [0, 0.1) is 0 Å². The third kappa shape index (κ3) is 5.29. The van der Waals surface area contributed by atoms with Gasteiger partial charge < -0.3 is 19.9 Å². The largest absolute Gasteiger partial charge is 0.480 e. The molecule has 9 heteroatoms. The van der Waals surface area contributed by atoms with Crippen LogP contribution in [0.4, 0.5) is 10.5 Å². The van der Waals surface area contributed by atoms with Gasteiger partial charge in [0.05, 0.1) is 17.3 Å². The Balaban J connectivity index is 1.39. The zero-order chi connectivity index (χ0) is 24.9. The minimum absolute atomic E-state index is 0.0797. The second-order valence-electron chi connectivity index (χ2n) is 7.96. The monoisotopic (exact) mass is 494 g/mol. The Labute approximate surface area is 206 Å². The molecule has 0 saturated carbocycles. The van der Waals surface area contributed by atoms with E-state index in [1.165, 1.54) is 25.3 Å². The van der Waals surface area contributed by atoms with Crippen molar-refractivity contribution in [2.45, 2.75) is 12.0 Å².